The van der Waals surface area contributed by atoms with Gasteiger partial charge in [-0.05, 0) is 61.0 Å². The lowest BCUT2D eigenvalue weighted by molar-refractivity contribution is 0.0939. The molecule has 3 aromatic rings. The molecular weight excluding hydrogens is 444 g/mol. The molecule has 3 aromatic carbocycles. The number of hydrogen-bond donors (Lipinski definition) is 4. The summed E-state index contributed by atoms with van der Waals surface area (Å²) in [5.41, 5.74) is 7.07. The van der Waals surface area contributed by atoms with Crippen LogP contribution in [0.3, 0.4) is 0 Å². The lowest BCUT2D eigenvalue weighted by Crippen LogP contribution is -2.26. The van der Waals surface area contributed by atoms with Crippen molar-refractivity contribution in [3.63, 3.8) is 0 Å². The van der Waals surface area contributed by atoms with E-state index in [1.807, 2.05) is 6.92 Å². The van der Waals surface area contributed by atoms with Crippen LogP contribution in [-0.2, 0) is 10.0 Å². The van der Waals surface area contributed by atoms with E-state index in [1.165, 1.54) is 31.4 Å². The van der Waals surface area contributed by atoms with E-state index in [9.17, 15) is 18.0 Å². The molecule has 1 unspecified atom stereocenters. The Labute approximate surface area is 192 Å². The summed E-state index contributed by atoms with van der Waals surface area (Å²) >= 11 is 0. The molecule has 172 valence electrons. The van der Waals surface area contributed by atoms with Crippen LogP contribution >= 0.6 is 0 Å². The molecule has 9 nitrogen and oxygen atoms in total. The smallest absolute Gasteiger partial charge is 0.316 e. The van der Waals surface area contributed by atoms with Crippen LogP contribution in [0.5, 0.6) is 5.75 Å². The number of nitrogens with two attached hydrogens (primary N) is 1. The van der Waals surface area contributed by atoms with Crippen LogP contribution in [0.4, 0.5) is 16.2 Å². The van der Waals surface area contributed by atoms with Crippen molar-refractivity contribution < 1.29 is 22.7 Å². The first-order chi connectivity index (χ1) is 15.7. The highest BCUT2D eigenvalue weighted by Crippen LogP contribution is 2.26. The van der Waals surface area contributed by atoms with E-state index in [1.54, 1.807) is 48.5 Å². The van der Waals surface area contributed by atoms with E-state index < -0.39 is 16.1 Å². The van der Waals surface area contributed by atoms with Gasteiger partial charge in [-0.25, -0.2) is 13.2 Å². The highest BCUT2D eigenvalue weighted by molar-refractivity contribution is 7.92. The number of carbonyl (C=O) groups excluding carboxylic acids is 2. The fourth-order valence-electron chi connectivity index (χ4n) is 3.08. The van der Waals surface area contributed by atoms with Crippen molar-refractivity contribution in [2.45, 2.75) is 17.9 Å². The minimum Gasteiger partial charge on any atom is -0.495 e. The number of hydrogen-bond acceptors (Lipinski definition) is 5. The maximum atomic E-state index is 12.7. The minimum absolute atomic E-state index is 0.00976. The Hall–Kier alpha value is -4.05. The molecule has 0 heterocycles. The van der Waals surface area contributed by atoms with Gasteiger partial charge in [0.05, 0.1) is 23.7 Å². The number of methoxy groups -OCH3 is 1. The molecule has 0 spiro atoms. The maximum Gasteiger partial charge on any atom is 0.316 e. The average Bonchev–Trinajstić information content (AvgIpc) is 2.79. The van der Waals surface area contributed by atoms with Gasteiger partial charge in [0.1, 0.15) is 5.75 Å². The molecular formula is C23H24N4O5S. The van der Waals surface area contributed by atoms with Crippen LogP contribution < -0.4 is 25.8 Å². The van der Waals surface area contributed by atoms with E-state index >= 15 is 0 Å². The number of ether oxygens (including phenoxy) is 1. The number of nitrogens with one attached hydrogen (secondary N) is 3. The predicted molar refractivity (Wildman–Crippen MR) is 126 cm³/mol. The zero-order valence-electron chi connectivity index (χ0n) is 18.0. The standard InChI is InChI=1S/C23H24N4O5S/c1-15(16-7-11-18(12-8-16)26-23(24)29)25-22(28)17-9-13-19(14-10-17)33(30,31)27-20-5-3-4-6-21(20)32-2/h3-15,27H,1-2H3,(H,25,28)(H3,24,26,29). The molecule has 0 aliphatic rings. The molecule has 0 fully saturated rings. The lowest BCUT2D eigenvalue weighted by atomic mass is 10.1. The molecule has 1 atom stereocenters. The number of amides is 3. The SMILES string of the molecule is COc1ccccc1NS(=O)(=O)c1ccc(C(=O)NC(C)c2ccc(NC(N)=O)cc2)cc1. The molecule has 0 aliphatic carbocycles. The molecule has 10 heteroatoms. The lowest BCUT2D eigenvalue weighted by Gasteiger charge is -2.15. The zero-order valence-corrected chi connectivity index (χ0v) is 18.8. The van der Waals surface area contributed by atoms with Crippen molar-refractivity contribution in [1.82, 2.24) is 5.32 Å². The van der Waals surface area contributed by atoms with Gasteiger partial charge < -0.3 is 21.1 Å². The van der Waals surface area contributed by atoms with Crippen molar-refractivity contribution in [2.75, 3.05) is 17.1 Å². The molecule has 33 heavy (non-hydrogen) atoms. The quantitative estimate of drug-likeness (QED) is 0.401. The van der Waals surface area contributed by atoms with Gasteiger partial charge in [0.25, 0.3) is 15.9 Å². The predicted octanol–water partition coefficient (Wildman–Crippen LogP) is 3.48. The van der Waals surface area contributed by atoms with Crippen LogP contribution in [0.2, 0.25) is 0 Å². The number of sulfonamides is 1. The monoisotopic (exact) mass is 468 g/mol. The number of primary amides is 1. The fourth-order valence-corrected chi connectivity index (χ4v) is 4.15. The Kier molecular flexibility index (Phi) is 7.19. The maximum absolute atomic E-state index is 12.7. The summed E-state index contributed by atoms with van der Waals surface area (Å²) in [7, 11) is -2.42. The molecule has 0 saturated carbocycles. The van der Waals surface area contributed by atoms with Crippen molar-refractivity contribution in [2.24, 2.45) is 5.73 Å². The van der Waals surface area contributed by atoms with Gasteiger partial charge in [0.2, 0.25) is 0 Å². The number of carbonyl (C=O) groups is 2. The van der Waals surface area contributed by atoms with Crippen molar-refractivity contribution in [1.29, 1.82) is 0 Å². The Balaban J connectivity index is 1.67. The summed E-state index contributed by atoms with van der Waals surface area (Å²) in [5.74, 6) is 0.0352. The van der Waals surface area contributed by atoms with Crippen molar-refractivity contribution >= 4 is 33.3 Å². The van der Waals surface area contributed by atoms with E-state index in [0.29, 0.717) is 22.7 Å². The van der Waals surface area contributed by atoms with E-state index in [2.05, 4.69) is 15.4 Å². The number of anilines is 2. The number of urea groups is 1. The summed E-state index contributed by atoms with van der Waals surface area (Å²) in [4.78, 5) is 23.5. The summed E-state index contributed by atoms with van der Waals surface area (Å²) in [6, 6.07) is 18.2. The molecule has 0 bridgehead atoms. The molecule has 3 amide bonds. The molecule has 0 saturated heterocycles. The van der Waals surface area contributed by atoms with Crippen LogP contribution in [0.25, 0.3) is 0 Å². The van der Waals surface area contributed by atoms with Crippen molar-refractivity contribution in [3.8, 4) is 5.75 Å². The van der Waals surface area contributed by atoms with Gasteiger partial charge in [-0.3, -0.25) is 9.52 Å². The van der Waals surface area contributed by atoms with Gasteiger partial charge in [0.15, 0.2) is 0 Å². The summed E-state index contributed by atoms with van der Waals surface area (Å²) in [5, 5.41) is 5.32. The third kappa shape index (κ3) is 6.01. The topological polar surface area (TPSA) is 140 Å². The van der Waals surface area contributed by atoms with Gasteiger partial charge >= 0.3 is 6.03 Å². The highest BCUT2D eigenvalue weighted by atomic mass is 32.2. The summed E-state index contributed by atoms with van der Waals surface area (Å²) < 4.78 is 33.1. The van der Waals surface area contributed by atoms with Gasteiger partial charge in [-0.1, -0.05) is 24.3 Å². The van der Waals surface area contributed by atoms with Crippen LogP contribution in [0.1, 0.15) is 28.9 Å². The van der Waals surface area contributed by atoms with Gasteiger partial charge in [0, 0.05) is 11.3 Å². The normalized spacial score (nSPS) is 11.8. The van der Waals surface area contributed by atoms with Crippen LogP contribution in [0.15, 0.2) is 77.7 Å². The van der Waals surface area contributed by atoms with Crippen molar-refractivity contribution in [3.05, 3.63) is 83.9 Å². The Morgan fingerprint density at radius 1 is 0.939 bits per heavy atom. The number of benzene rings is 3. The van der Waals surface area contributed by atoms with Crippen LogP contribution in [0, 0.1) is 0 Å². The molecule has 0 aliphatic heterocycles. The number of para-hydroxylation sites is 2. The first kappa shape index (κ1) is 23.6. The summed E-state index contributed by atoms with van der Waals surface area (Å²) in [6.45, 7) is 1.81. The average molecular weight is 469 g/mol. The number of rotatable bonds is 8. The van der Waals surface area contributed by atoms with E-state index in [0.717, 1.165) is 5.56 Å². The fraction of sp³-hybridized carbons (Fsp3) is 0.130. The molecule has 0 radical (unpaired) electrons. The Morgan fingerprint density at radius 3 is 2.18 bits per heavy atom. The highest BCUT2D eigenvalue weighted by Gasteiger charge is 2.18. The largest absolute Gasteiger partial charge is 0.495 e. The Morgan fingerprint density at radius 2 is 1.58 bits per heavy atom. The minimum atomic E-state index is -3.87. The first-order valence-electron chi connectivity index (χ1n) is 9.93. The van der Waals surface area contributed by atoms with E-state index in [4.69, 9.17) is 10.5 Å². The van der Waals surface area contributed by atoms with Gasteiger partial charge in [-0.15, -0.1) is 0 Å². The molecule has 5 N–H and O–H groups in total. The molecule has 3 rings (SSSR count). The summed E-state index contributed by atoms with van der Waals surface area (Å²) in [6.07, 6.45) is 0. The second kappa shape index (κ2) is 10.0. The van der Waals surface area contributed by atoms with E-state index in [-0.39, 0.29) is 16.8 Å². The van der Waals surface area contributed by atoms with Crippen LogP contribution in [-0.4, -0.2) is 27.5 Å². The third-order valence-corrected chi connectivity index (χ3v) is 6.19. The Bertz CT molecular complexity index is 1240. The second-order valence-electron chi connectivity index (χ2n) is 7.14. The zero-order chi connectivity index (χ0) is 24.0. The first-order valence-corrected chi connectivity index (χ1v) is 11.4. The second-order valence-corrected chi connectivity index (χ2v) is 8.82. The third-order valence-electron chi connectivity index (χ3n) is 4.80. The van der Waals surface area contributed by atoms with Gasteiger partial charge in [-0.2, -0.15) is 0 Å². The molecule has 0 aromatic heterocycles.